The largest absolute Gasteiger partial charge is 0.481 e. The van der Waals surface area contributed by atoms with Gasteiger partial charge in [0, 0.05) is 0 Å². The zero-order valence-corrected chi connectivity index (χ0v) is 10.8. The Bertz CT molecular complexity index is 646. The molecule has 0 aliphatic carbocycles. The van der Waals surface area contributed by atoms with Crippen LogP contribution in [0.15, 0.2) is 30.5 Å². The molecule has 0 unspecified atom stereocenters. The predicted octanol–water partition coefficient (Wildman–Crippen LogP) is 1.78. The lowest BCUT2D eigenvalue weighted by Crippen LogP contribution is -2.03. The number of carboxylic acids is 1. The quantitative estimate of drug-likeness (QED) is 0.662. The van der Waals surface area contributed by atoms with Crippen molar-refractivity contribution in [2.75, 3.05) is 0 Å². The minimum Gasteiger partial charge on any atom is -0.481 e. The molecule has 0 spiro atoms. The second kappa shape index (κ2) is 5.52. The molecule has 0 radical (unpaired) electrons. The van der Waals surface area contributed by atoms with Crippen molar-refractivity contribution in [3.63, 3.8) is 0 Å². The van der Waals surface area contributed by atoms with Crippen LogP contribution >= 0.6 is 0 Å². The van der Waals surface area contributed by atoms with Gasteiger partial charge in [-0.05, 0) is 23.0 Å². The molecular weight excluding hydrogens is 262 g/mol. The maximum Gasteiger partial charge on any atom is 0.392 e. The summed E-state index contributed by atoms with van der Waals surface area (Å²) >= 11 is 0. The Kier molecular flexibility index (Phi) is 3.79. The van der Waals surface area contributed by atoms with Gasteiger partial charge in [0.25, 0.3) is 0 Å². The van der Waals surface area contributed by atoms with E-state index in [-0.39, 0.29) is 12.2 Å². The molecule has 0 amide bonds. The van der Waals surface area contributed by atoms with Gasteiger partial charge >= 0.3 is 11.8 Å². The van der Waals surface area contributed by atoms with Gasteiger partial charge in [-0.2, -0.15) is 4.68 Å². The third-order valence-corrected chi connectivity index (χ3v) is 2.81. The number of aryl methyl sites for hydroxylation is 1. The third-order valence-electron chi connectivity index (χ3n) is 2.81. The molecule has 1 aromatic heterocycles. The van der Waals surface area contributed by atoms with E-state index in [2.05, 4.69) is 5.10 Å². The van der Waals surface area contributed by atoms with Crippen molar-refractivity contribution in [1.29, 1.82) is 0 Å². The topological polar surface area (TPSA) is 98.3 Å². The van der Waals surface area contributed by atoms with E-state index in [9.17, 15) is 14.9 Å². The maximum absolute atomic E-state index is 10.7. The average molecular weight is 275 g/mol. The predicted molar refractivity (Wildman–Crippen MR) is 70.5 cm³/mol. The van der Waals surface area contributed by atoms with Crippen LogP contribution in [0.3, 0.4) is 0 Å². The van der Waals surface area contributed by atoms with Crippen molar-refractivity contribution < 1.29 is 14.8 Å². The van der Waals surface area contributed by atoms with Crippen LogP contribution in [0, 0.1) is 17.0 Å². The maximum atomic E-state index is 10.7. The zero-order valence-electron chi connectivity index (χ0n) is 10.8. The first-order valence-corrected chi connectivity index (χ1v) is 5.94. The first-order chi connectivity index (χ1) is 9.45. The molecule has 20 heavy (non-hydrogen) atoms. The number of benzene rings is 1. The second-order valence-corrected chi connectivity index (χ2v) is 4.48. The fraction of sp³-hybridized carbons (Fsp3) is 0.231. The van der Waals surface area contributed by atoms with E-state index >= 15 is 0 Å². The molecule has 104 valence electrons. The highest BCUT2D eigenvalue weighted by Crippen LogP contribution is 2.15. The van der Waals surface area contributed by atoms with Crippen LogP contribution < -0.4 is 0 Å². The van der Waals surface area contributed by atoms with Crippen LogP contribution in [0.4, 0.5) is 5.82 Å². The fourth-order valence-electron chi connectivity index (χ4n) is 1.90. The first-order valence-electron chi connectivity index (χ1n) is 5.94. The number of rotatable bonds is 5. The number of aliphatic carboxylic acids is 1. The van der Waals surface area contributed by atoms with Crippen LogP contribution in [0.5, 0.6) is 0 Å². The Morgan fingerprint density at radius 2 is 1.95 bits per heavy atom. The van der Waals surface area contributed by atoms with Crippen LogP contribution in [-0.2, 0) is 17.8 Å². The van der Waals surface area contributed by atoms with E-state index < -0.39 is 10.9 Å². The highest BCUT2D eigenvalue weighted by Gasteiger charge is 2.16. The summed E-state index contributed by atoms with van der Waals surface area (Å²) in [5.41, 5.74) is 2.12. The molecule has 0 bridgehead atoms. The lowest BCUT2D eigenvalue weighted by Gasteiger charge is -2.01. The van der Waals surface area contributed by atoms with Crippen molar-refractivity contribution in [1.82, 2.24) is 9.78 Å². The first kappa shape index (κ1) is 13.7. The number of nitro groups is 1. The van der Waals surface area contributed by atoms with Gasteiger partial charge in [0.15, 0.2) is 0 Å². The van der Waals surface area contributed by atoms with Gasteiger partial charge in [0.2, 0.25) is 0 Å². The Morgan fingerprint density at radius 3 is 2.45 bits per heavy atom. The minimum atomic E-state index is -0.879. The van der Waals surface area contributed by atoms with E-state index in [0.717, 1.165) is 5.56 Å². The molecule has 0 saturated heterocycles. The van der Waals surface area contributed by atoms with E-state index in [1.54, 1.807) is 37.4 Å². The van der Waals surface area contributed by atoms with Gasteiger partial charge in [-0.15, -0.1) is 0 Å². The summed E-state index contributed by atoms with van der Waals surface area (Å²) in [4.78, 5) is 20.8. The molecule has 1 aromatic carbocycles. The van der Waals surface area contributed by atoms with Gasteiger partial charge in [-0.1, -0.05) is 24.3 Å². The van der Waals surface area contributed by atoms with E-state index in [0.29, 0.717) is 17.7 Å². The van der Waals surface area contributed by atoms with Crippen molar-refractivity contribution in [3.8, 4) is 0 Å². The van der Waals surface area contributed by atoms with Crippen LogP contribution in [-0.4, -0.2) is 25.8 Å². The molecular formula is C13H13N3O4. The second-order valence-electron chi connectivity index (χ2n) is 4.48. The number of hydrogen-bond donors (Lipinski definition) is 1. The van der Waals surface area contributed by atoms with Crippen molar-refractivity contribution in [3.05, 3.63) is 57.3 Å². The lowest BCUT2D eigenvalue weighted by atomic mass is 10.1. The van der Waals surface area contributed by atoms with E-state index in [1.165, 1.54) is 4.68 Å². The Labute approximate surface area is 114 Å². The Hall–Kier alpha value is -2.70. The lowest BCUT2D eigenvalue weighted by molar-refractivity contribution is -0.390. The molecule has 1 heterocycles. The summed E-state index contributed by atoms with van der Waals surface area (Å²) in [6.45, 7) is 2.04. The van der Waals surface area contributed by atoms with Gasteiger partial charge < -0.3 is 15.2 Å². The number of aromatic nitrogens is 2. The van der Waals surface area contributed by atoms with Gasteiger partial charge in [-0.25, -0.2) is 0 Å². The number of carboxylic acid groups (broad SMARTS) is 1. The number of carbonyl (C=O) groups is 1. The highest BCUT2D eigenvalue weighted by molar-refractivity contribution is 5.70. The van der Waals surface area contributed by atoms with Gasteiger partial charge in [0.1, 0.15) is 0 Å². The van der Waals surface area contributed by atoms with Crippen molar-refractivity contribution >= 4 is 11.8 Å². The molecule has 1 N–H and O–H groups in total. The van der Waals surface area contributed by atoms with Crippen molar-refractivity contribution in [2.24, 2.45) is 0 Å². The Balaban J connectivity index is 2.12. The summed E-state index contributed by atoms with van der Waals surface area (Å²) in [6.07, 6.45) is 1.59. The average Bonchev–Trinajstić information content (AvgIpc) is 2.72. The summed E-state index contributed by atoms with van der Waals surface area (Å²) in [5, 5.41) is 23.3. The summed E-state index contributed by atoms with van der Waals surface area (Å²) in [6, 6.07) is 7.05. The van der Waals surface area contributed by atoms with E-state index in [4.69, 9.17) is 5.11 Å². The summed E-state index contributed by atoms with van der Waals surface area (Å²) < 4.78 is 1.50. The smallest absolute Gasteiger partial charge is 0.392 e. The fourth-order valence-corrected chi connectivity index (χ4v) is 1.90. The van der Waals surface area contributed by atoms with Gasteiger partial charge in [-0.3, -0.25) is 4.79 Å². The van der Waals surface area contributed by atoms with Crippen molar-refractivity contribution in [2.45, 2.75) is 19.9 Å². The molecule has 7 heteroatoms. The molecule has 2 aromatic rings. The molecule has 0 aliphatic heterocycles. The van der Waals surface area contributed by atoms with Gasteiger partial charge in [0.05, 0.1) is 29.8 Å². The number of hydrogen-bond acceptors (Lipinski definition) is 4. The normalized spacial score (nSPS) is 10.4. The minimum absolute atomic E-state index is 0.0212. The molecule has 0 atom stereocenters. The van der Waals surface area contributed by atoms with Crippen LogP contribution in [0.2, 0.25) is 0 Å². The summed E-state index contributed by atoms with van der Waals surface area (Å²) in [5.74, 6) is -1.02. The molecule has 0 aliphatic rings. The molecule has 2 rings (SSSR count). The SMILES string of the molecule is Cc1cn(Cc2ccc(CC(=O)O)cc2)nc1[N+](=O)[O-]. The molecule has 0 fully saturated rings. The highest BCUT2D eigenvalue weighted by atomic mass is 16.6. The molecule has 0 saturated carbocycles. The summed E-state index contributed by atoms with van der Waals surface area (Å²) in [7, 11) is 0. The van der Waals surface area contributed by atoms with Crippen LogP contribution in [0.1, 0.15) is 16.7 Å². The third kappa shape index (κ3) is 3.19. The zero-order chi connectivity index (χ0) is 14.7. The number of nitrogens with zero attached hydrogens (tertiary/aromatic N) is 3. The van der Waals surface area contributed by atoms with Crippen LogP contribution in [0.25, 0.3) is 0 Å². The Morgan fingerprint density at radius 1 is 1.35 bits per heavy atom. The van der Waals surface area contributed by atoms with E-state index in [1.807, 2.05) is 0 Å². The molecule has 7 nitrogen and oxygen atoms in total. The standard InChI is InChI=1S/C13H13N3O4/c1-9-7-15(14-13(9)16(19)20)8-11-4-2-10(3-5-11)6-12(17)18/h2-5,7H,6,8H2,1H3,(H,17,18). The monoisotopic (exact) mass is 275 g/mol.